The van der Waals surface area contributed by atoms with Gasteiger partial charge in [-0.05, 0) is 37.9 Å². The Morgan fingerprint density at radius 3 is 2.71 bits per heavy atom. The number of para-hydroxylation sites is 2. The Labute approximate surface area is 126 Å². The first-order chi connectivity index (χ1) is 10.2. The van der Waals surface area contributed by atoms with E-state index in [1.54, 1.807) is 7.11 Å². The maximum absolute atomic E-state index is 12.1. The standard InChI is InChI=1S/C16H25N3O2/c1-3-10-19-11-8-13(9-12-19)17-16(20)18-14-6-4-5-7-15(14)21-2/h4-7,13H,3,8-12H2,1-2H3,(H2,17,18,20). The Hall–Kier alpha value is -1.75. The van der Waals surface area contributed by atoms with Crippen molar-refractivity contribution in [3.8, 4) is 5.75 Å². The smallest absolute Gasteiger partial charge is 0.319 e. The number of ether oxygens (including phenoxy) is 1. The van der Waals surface area contributed by atoms with Crippen molar-refractivity contribution in [3.05, 3.63) is 24.3 Å². The number of nitrogens with one attached hydrogen (secondary N) is 2. The van der Waals surface area contributed by atoms with Gasteiger partial charge in [-0.25, -0.2) is 4.79 Å². The lowest BCUT2D eigenvalue weighted by Gasteiger charge is -2.32. The zero-order chi connectivity index (χ0) is 15.1. The van der Waals surface area contributed by atoms with Crippen LogP contribution in [0.25, 0.3) is 0 Å². The van der Waals surface area contributed by atoms with E-state index in [0.717, 1.165) is 32.5 Å². The van der Waals surface area contributed by atoms with Gasteiger partial charge < -0.3 is 20.3 Å². The highest BCUT2D eigenvalue weighted by atomic mass is 16.5. The Morgan fingerprint density at radius 1 is 1.33 bits per heavy atom. The van der Waals surface area contributed by atoms with Crippen molar-refractivity contribution < 1.29 is 9.53 Å². The Bertz CT molecular complexity index is 457. The summed E-state index contributed by atoms with van der Waals surface area (Å²) < 4.78 is 5.23. The number of urea groups is 1. The molecule has 1 saturated heterocycles. The summed E-state index contributed by atoms with van der Waals surface area (Å²) in [5.74, 6) is 0.672. The molecule has 0 spiro atoms. The average molecular weight is 291 g/mol. The van der Waals surface area contributed by atoms with Crippen molar-refractivity contribution in [2.24, 2.45) is 0 Å². The van der Waals surface area contributed by atoms with Crippen molar-refractivity contribution in [2.75, 3.05) is 32.1 Å². The molecule has 0 saturated carbocycles. The summed E-state index contributed by atoms with van der Waals surface area (Å²) in [6.07, 6.45) is 3.21. The molecule has 0 bridgehead atoms. The van der Waals surface area contributed by atoms with Crippen molar-refractivity contribution >= 4 is 11.7 Å². The number of carbonyl (C=O) groups excluding carboxylic acids is 1. The van der Waals surface area contributed by atoms with E-state index in [1.807, 2.05) is 24.3 Å². The third-order valence-corrected chi connectivity index (χ3v) is 3.82. The number of carbonyl (C=O) groups is 1. The van der Waals surface area contributed by atoms with Crippen LogP contribution < -0.4 is 15.4 Å². The number of likely N-dealkylation sites (tertiary alicyclic amines) is 1. The van der Waals surface area contributed by atoms with Crippen LogP contribution in [0.1, 0.15) is 26.2 Å². The van der Waals surface area contributed by atoms with Gasteiger partial charge in [-0.1, -0.05) is 19.1 Å². The van der Waals surface area contributed by atoms with Crippen LogP contribution in [0.3, 0.4) is 0 Å². The predicted octanol–water partition coefficient (Wildman–Crippen LogP) is 2.69. The summed E-state index contributed by atoms with van der Waals surface area (Å²) in [6.45, 7) is 5.48. The summed E-state index contributed by atoms with van der Waals surface area (Å²) in [5, 5.41) is 5.91. The first-order valence-electron chi connectivity index (χ1n) is 7.65. The topological polar surface area (TPSA) is 53.6 Å². The molecule has 2 amide bonds. The molecule has 5 nitrogen and oxygen atoms in total. The maximum atomic E-state index is 12.1. The number of piperidine rings is 1. The lowest BCUT2D eigenvalue weighted by molar-refractivity contribution is 0.196. The molecule has 1 fully saturated rings. The fourth-order valence-corrected chi connectivity index (χ4v) is 2.71. The van der Waals surface area contributed by atoms with Gasteiger partial charge >= 0.3 is 6.03 Å². The summed E-state index contributed by atoms with van der Waals surface area (Å²) >= 11 is 0. The van der Waals surface area contributed by atoms with E-state index < -0.39 is 0 Å². The number of hydrogen-bond acceptors (Lipinski definition) is 3. The van der Waals surface area contributed by atoms with Gasteiger partial charge in [-0.2, -0.15) is 0 Å². The first-order valence-corrected chi connectivity index (χ1v) is 7.65. The minimum atomic E-state index is -0.159. The minimum absolute atomic E-state index is 0.159. The molecule has 21 heavy (non-hydrogen) atoms. The molecule has 2 N–H and O–H groups in total. The van der Waals surface area contributed by atoms with Crippen LogP contribution in [0.4, 0.5) is 10.5 Å². The van der Waals surface area contributed by atoms with Crippen LogP contribution >= 0.6 is 0 Å². The summed E-state index contributed by atoms with van der Waals surface area (Å²) in [7, 11) is 1.60. The normalized spacial score (nSPS) is 16.5. The highest BCUT2D eigenvalue weighted by Crippen LogP contribution is 2.22. The van der Waals surface area contributed by atoms with Crippen molar-refractivity contribution in [2.45, 2.75) is 32.2 Å². The van der Waals surface area contributed by atoms with E-state index in [0.29, 0.717) is 11.4 Å². The van der Waals surface area contributed by atoms with Gasteiger partial charge in [0.1, 0.15) is 5.75 Å². The molecule has 0 unspecified atom stereocenters. The maximum Gasteiger partial charge on any atom is 0.319 e. The Morgan fingerprint density at radius 2 is 2.05 bits per heavy atom. The van der Waals surface area contributed by atoms with Crippen molar-refractivity contribution in [1.29, 1.82) is 0 Å². The van der Waals surface area contributed by atoms with Crippen molar-refractivity contribution in [3.63, 3.8) is 0 Å². The number of nitrogens with zero attached hydrogens (tertiary/aromatic N) is 1. The van der Waals surface area contributed by atoms with Crippen LogP contribution in [0.15, 0.2) is 24.3 Å². The third kappa shape index (κ3) is 4.63. The molecule has 2 rings (SSSR count). The van der Waals surface area contributed by atoms with Gasteiger partial charge in [0, 0.05) is 19.1 Å². The third-order valence-electron chi connectivity index (χ3n) is 3.82. The number of rotatable bonds is 5. The molecular formula is C16H25N3O2. The number of benzene rings is 1. The molecule has 0 atom stereocenters. The van der Waals surface area contributed by atoms with E-state index in [-0.39, 0.29) is 12.1 Å². The number of hydrogen-bond donors (Lipinski definition) is 2. The molecule has 1 aliphatic heterocycles. The largest absolute Gasteiger partial charge is 0.495 e. The predicted molar refractivity (Wildman–Crippen MR) is 84.9 cm³/mol. The number of anilines is 1. The average Bonchev–Trinajstić information content (AvgIpc) is 2.50. The molecule has 0 aromatic heterocycles. The summed E-state index contributed by atoms with van der Waals surface area (Å²) in [5.41, 5.74) is 0.695. The monoisotopic (exact) mass is 291 g/mol. The molecule has 1 aromatic carbocycles. The highest BCUT2D eigenvalue weighted by Gasteiger charge is 2.20. The van der Waals surface area contributed by atoms with Crippen LogP contribution in [0, 0.1) is 0 Å². The molecule has 1 heterocycles. The van der Waals surface area contributed by atoms with Gasteiger partial charge in [0.25, 0.3) is 0 Å². The van der Waals surface area contributed by atoms with Gasteiger partial charge in [0.15, 0.2) is 0 Å². The molecule has 116 valence electrons. The molecule has 1 aromatic rings. The zero-order valence-corrected chi connectivity index (χ0v) is 12.9. The SMILES string of the molecule is CCCN1CCC(NC(=O)Nc2ccccc2OC)CC1. The van der Waals surface area contributed by atoms with Crippen LogP contribution in [0.5, 0.6) is 5.75 Å². The summed E-state index contributed by atoms with van der Waals surface area (Å²) in [6, 6.07) is 7.52. The quantitative estimate of drug-likeness (QED) is 0.877. The summed E-state index contributed by atoms with van der Waals surface area (Å²) in [4.78, 5) is 14.5. The van der Waals surface area contributed by atoms with E-state index in [4.69, 9.17) is 4.74 Å². The lowest BCUT2D eigenvalue weighted by atomic mass is 10.1. The zero-order valence-electron chi connectivity index (χ0n) is 12.9. The van der Waals surface area contributed by atoms with Gasteiger partial charge in [-0.3, -0.25) is 0 Å². The van der Waals surface area contributed by atoms with Crippen molar-refractivity contribution in [1.82, 2.24) is 10.2 Å². The van der Waals surface area contributed by atoms with Gasteiger partial charge in [0.2, 0.25) is 0 Å². The van der Waals surface area contributed by atoms with Gasteiger partial charge in [0.05, 0.1) is 12.8 Å². The number of amides is 2. The van der Waals surface area contributed by atoms with Gasteiger partial charge in [-0.15, -0.1) is 0 Å². The van der Waals surface area contributed by atoms with E-state index in [2.05, 4.69) is 22.5 Å². The Balaban J connectivity index is 1.80. The van der Waals surface area contributed by atoms with E-state index >= 15 is 0 Å². The lowest BCUT2D eigenvalue weighted by Crippen LogP contribution is -2.46. The second-order valence-electron chi connectivity index (χ2n) is 5.41. The molecule has 5 heteroatoms. The number of methoxy groups -OCH3 is 1. The first kappa shape index (κ1) is 15.6. The Kier molecular flexibility index (Phi) is 5.87. The second kappa shape index (κ2) is 7.88. The highest BCUT2D eigenvalue weighted by molar-refractivity contribution is 5.91. The molecule has 0 radical (unpaired) electrons. The fourth-order valence-electron chi connectivity index (χ4n) is 2.71. The molecular weight excluding hydrogens is 266 g/mol. The van der Waals surface area contributed by atoms with E-state index in [9.17, 15) is 4.79 Å². The second-order valence-corrected chi connectivity index (χ2v) is 5.41. The molecule has 1 aliphatic rings. The van der Waals surface area contributed by atoms with Crippen LogP contribution in [0.2, 0.25) is 0 Å². The molecule has 0 aliphatic carbocycles. The minimum Gasteiger partial charge on any atom is -0.495 e. The fraction of sp³-hybridized carbons (Fsp3) is 0.562. The van der Waals surface area contributed by atoms with Crippen LogP contribution in [-0.4, -0.2) is 43.7 Å². The van der Waals surface area contributed by atoms with E-state index in [1.165, 1.54) is 6.42 Å². The van der Waals surface area contributed by atoms with Crippen LogP contribution in [-0.2, 0) is 0 Å².